The van der Waals surface area contributed by atoms with Crippen molar-refractivity contribution in [3.63, 3.8) is 0 Å². The van der Waals surface area contributed by atoms with Crippen LogP contribution in [0.2, 0.25) is 5.02 Å². The fourth-order valence-electron chi connectivity index (χ4n) is 6.43. The van der Waals surface area contributed by atoms with Gasteiger partial charge in [-0.1, -0.05) is 42.8 Å². The molecule has 10 nitrogen and oxygen atoms in total. The number of hydrogen-bond donors (Lipinski definition) is 1. The molecule has 1 atom stereocenters. The lowest BCUT2D eigenvalue weighted by atomic mass is 10.0. The topological polar surface area (TPSA) is 112 Å². The molecule has 2 aliphatic rings. The first-order valence-corrected chi connectivity index (χ1v) is 17.4. The highest BCUT2D eigenvalue weighted by molar-refractivity contribution is 6.30. The fourth-order valence-corrected chi connectivity index (χ4v) is 6.55. The van der Waals surface area contributed by atoms with Crippen LogP contribution in [0, 0.1) is 0 Å². The molecule has 3 heterocycles. The van der Waals surface area contributed by atoms with E-state index in [1.54, 1.807) is 35.2 Å². The molecule has 0 radical (unpaired) electrons. The molecule has 1 N–H and O–H groups in total. The van der Waals surface area contributed by atoms with E-state index in [-0.39, 0.29) is 35.0 Å². The fraction of sp³-hybridized carbons (Fsp3) is 0.368. The summed E-state index contributed by atoms with van der Waals surface area (Å²) in [6.07, 6.45) is 4.22. The highest BCUT2D eigenvalue weighted by atomic mass is 35.5. The van der Waals surface area contributed by atoms with Crippen molar-refractivity contribution in [2.24, 2.45) is 0 Å². The third-order valence-corrected chi connectivity index (χ3v) is 9.31. The molecule has 2 aliphatic heterocycles. The van der Waals surface area contributed by atoms with E-state index in [0.29, 0.717) is 54.5 Å². The molecule has 1 aromatic heterocycles. The molecule has 11 heteroatoms. The summed E-state index contributed by atoms with van der Waals surface area (Å²) in [4.78, 5) is 59.9. The normalized spacial score (nSPS) is 15.6. The van der Waals surface area contributed by atoms with E-state index in [1.807, 2.05) is 48.2 Å². The van der Waals surface area contributed by atoms with Gasteiger partial charge in [-0.05, 0) is 73.7 Å². The lowest BCUT2D eigenvalue weighted by Crippen LogP contribution is -2.56. The van der Waals surface area contributed by atoms with Crippen molar-refractivity contribution in [3.8, 4) is 5.75 Å². The van der Waals surface area contributed by atoms with Gasteiger partial charge in [0.05, 0.1) is 17.6 Å². The van der Waals surface area contributed by atoms with Crippen LogP contribution in [0.4, 0.5) is 5.69 Å². The zero-order valence-corrected chi connectivity index (χ0v) is 28.4. The number of para-hydroxylation sites is 1. The standard InChI is InChI=1S/C38H41ClN4O6/c1-2-22-48-28-14-15-34-30(24-28)33(44)25-35(49-34)36(45)40-31(23-26-10-12-27(39)13-11-26)38(47)43-20-18-41(19-21-43)32-9-5-4-8-29(32)37(46)42-16-6-3-7-17-42/h4-5,8-15,24-25,31H,2-3,6-7,16-23H2,1H3,(H,40,45)/t31-/m1/s1. The minimum Gasteiger partial charge on any atom is -0.494 e. The Labute approximate surface area is 290 Å². The van der Waals surface area contributed by atoms with Gasteiger partial charge in [-0.15, -0.1) is 0 Å². The van der Waals surface area contributed by atoms with Gasteiger partial charge in [0, 0.05) is 62.5 Å². The third-order valence-electron chi connectivity index (χ3n) is 9.06. The number of ether oxygens (including phenoxy) is 1. The van der Waals surface area contributed by atoms with Crippen molar-refractivity contribution in [2.75, 3.05) is 50.8 Å². The number of fused-ring (bicyclic) bond motifs is 1. The molecule has 0 unspecified atom stereocenters. The average Bonchev–Trinajstić information content (AvgIpc) is 3.14. The monoisotopic (exact) mass is 684 g/mol. The number of piperazine rings is 1. The molecule has 0 bridgehead atoms. The summed E-state index contributed by atoms with van der Waals surface area (Å²) in [5, 5.41) is 3.71. The molecule has 0 spiro atoms. The van der Waals surface area contributed by atoms with Gasteiger partial charge in [0.2, 0.25) is 5.91 Å². The minimum atomic E-state index is -0.931. The van der Waals surface area contributed by atoms with Gasteiger partial charge in [-0.25, -0.2) is 0 Å². The van der Waals surface area contributed by atoms with Crippen molar-refractivity contribution >= 4 is 46.0 Å². The van der Waals surface area contributed by atoms with Crippen LogP contribution in [-0.2, 0) is 11.2 Å². The van der Waals surface area contributed by atoms with Crippen molar-refractivity contribution in [1.82, 2.24) is 15.1 Å². The SMILES string of the molecule is CCCOc1ccc2oc(C(=O)N[C@H](Cc3ccc(Cl)cc3)C(=O)N3CCN(c4ccccc4C(=O)N4CCCCC4)CC3)cc(=O)c2c1. The number of piperidine rings is 1. The number of amides is 3. The third kappa shape index (κ3) is 8.08. The Bertz CT molecular complexity index is 1860. The smallest absolute Gasteiger partial charge is 0.287 e. The number of nitrogens with one attached hydrogen (secondary N) is 1. The molecule has 0 aliphatic carbocycles. The number of likely N-dealkylation sites (tertiary alicyclic amines) is 1. The minimum absolute atomic E-state index is 0.0464. The van der Waals surface area contributed by atoms with Crippen molar-refractivity contribution in [1.29, 1.82) is 0 Å². The van der Waals surface area contributed by atoms with E-state index in [4.69, 9.17) is 20.8 Å². The lowest BCUT2D eigenvalue weighted by molar-refractivity contribution is -0.133. The van der Waals surface area contributed by atoms with E-state index in [2.05, 4.69) is 10.2 Å². The number of halogens is 1. The Morgan fingerprint density at radius 3 is 2.35 bits per heavy atom. The van der Waals surface area contributed by atoms with Crippen LogP contribution in [-0.4, -0.2) is 79.4 Å². The number of benzene rings is 3. The molecule has 3 aromatic carbocycles. The molecule has 49 heavy (non-hydrogen) atoms. The molecule has 0 saturated carbocycles. The van der Waals surface area contributed by atoms with Gasteiger partial charge in [0.25, 0.3) is 11.8 Å². The molecule has 2 saturated heterocycles. The Kier molecular flexibility index (Phi) is 10.8. The summed E-state index contributed by atoms with van der Waals surface area (Å²) >= 11 is 6.11. The number of anilines is 1. The molecular formula is C38H41ClN4O6. The van der Waals surface area contributed by atoms with E-state index in [0.717, 1.165) is 56.1 Å². The van der Waals surface area contributed by atoms with Crippen LogP contribution in [0.5, 0.6) is 5.75 Å². The summed E-state index contributed by atoms with van der Waals surface area (Å²) in [5.74, 6) is -0.508. The van der Waals surface area contributed by atoms with Crippen LogP contribution < -0.4 is 20.4 Å². The summed E-state index contributed by atoms with van der Waals surface area (Å²) < 4.78 is 11.5. The number of nitrogens with zero attached hydrogens (tertiary/aromatic N) is 3. The first-order valence-electron chi connectivity index (χ1n) is 17.0. The summed E-state index contributed by atoms with van der Waals surface area (Å²) in [6, 6.07) is 19.9. The number of carbonyl (C=O) groups is 3. The number of hydrogen-bond acceptors (Lipinski definition) is 7. The Hall–Kier alpha value is -4.83. The predicted octanol–water partition coefficient (Wildman–Crippen LogP) is 5.55. The maximum Gasteiger partial charge on any atom is 0.287 e. The summed E-state index contributed by atoms with van der Waals surface area (Å²) in [6.45, 7) is 5.92. The van der Waals surface area contributed by atoms with Crippen molar-refractivity contribution < 1.29 is 23.5 Å². The van der Waals surface area contributed by atoms with E-state index >= 15 is 0 Å². The second-order valence-electron chi connectivity index (χ2n) is 12.5. The largest absolute Gasteiger partial charge is 0.494 e. The van der Waals surface area contributed by atoms with Gasteiger partial charge in [-0.2, -0.15) is 0 Å². The van der Waals surface area contributed by atoms with E-state index < -0.39 is 11.9 Å². The molecule has 6 rings (SSSR count). The second-order valence-corrected chi connectivity index (χ2v) is 13.0. The number of rotatable bonds is 10. The van der Waals surface area contributed by atoms with Gasteiger partial charge < -0.3 is 29.2 Å². The Morgan fingerprint density at radius 2 is 1.61 bits per heavy atom. The molecule has 256 valence electrons. The van der Waals surface area contributed by atoms with Crippen LogP contribution >= 0.6 is 11.6 Å². The lowest BCUT2D eigenvalue weighted by Gasteiger charge is -2.38. The summed E-state index contributed by atoms with van der Waals surface area (Å²) in [7, 11) is 0. The first kappa shape index (κ1) is 34.0. The number of carbonyl (C=O) groups excluding carboxylic acids is 3. The van der Waals surface area contributed by atoms with Gasteiger partial charge in [-0.3, -0.25) is 19.2 Å². The van der Waals surface area contributed by atoms with Crippen LogP contribution in [0.15, 0.2) is 82.0 Å². The highest BCUT2D eigenvalue weighted by Gasteiger charge is 2.31. The Morgan fingerprint density at radius 1 is 0.878 bits per heavy atom. The van der Waals surface area contributed by atoms with E-state index in [1.165, 1.54) is 0 Å². The second kappa shape index (κ2) is 15.6. The van der Waals surface area contributed by atoms with E-state index in [9.17, 15) is 19.2 Å². The zero-order chi connectivity index (χ0) is 34.3. The van der Waals surface area contributed by atoms with Crippen LogP contribution in [0.25, 0.3) is 11.0 Å². The highest BCUT2D eigenvalue weighted by Crippen LogP contribution is 2.26. The molecule has 4 aromatic rings. The van der Waals surface area contributed by atoms with Crippen molar-refractivity contribution in [3.05, 3.63) is 105 Å². The maximum absolute atomic E-state index is 14.1. The van der Waals surface area contributed by atoms with Gasteiger partial charge in [0.15, 0.2) is 11.2 Å². The average molecular weight is 685 g/mol. The predicted molar refractivity (Wildman–Crippen MR) is 190 cm³/mol. The molecule has 2 fully saturated rings. The summed E-state index contributed by atoms with van der Waals surface area (Å²) in [5.41, 5.74) is 2.22. The van der Waals surface area contributed by atoms with Gasteiger partial charge in [0.1, 0.15) is 17.4 Å². The first-order chi connectivity index (χ1) is 23.8. The maximum atomic E-state index is 14.1. The quantitative estimate of drug-likeness (QED) is 0.233. The van der Waals surface area contributed by atoms with Crippen LogP contribution in [0.1, 0.15) is 59.1 Å². The van der Waals surface area contributed by atoms with Gasteiger partial charge >= 0.3 is 0 Å². The van der Waals surface area contributed by atoms with Crippen molar-refractivity contribution in [2.45, 2.75) is 45.1 Å². The molecular weight excluding hydrogens is 644 g/mol. The van der Waals surface area contributed by atoms with Crippen LogP contribution in [0.3, 0.4) is 0 Å². The molecule has 3 amide bonds. The zero-order valence-electron chi connectivity index (χ0n) is 27.7. The Balaban J connectivity index is 1.18.